The molecule has 0 atom stereocenters. The molecule has 0 bridgehead atoms. The Kier molecular flexibility index (Phi) is 3.47. The third-order valence-corrected chi connectivity index (χ3v) is 2.32. The lowest BCUT2D eigenvalue weighted by Crippen LogP contribution is -2.01. The number of furan rings is 1. The van der Waals surface area contributed by atoms with Gasteiger partial charge in [-0.3, -0.25) is 0 Å². The second-order valence-electron chi connectivity index (χ2n) is 3.52. The lowest BCUT2D eigenvalue weighted by Gasteiger charge is -2.07. The number of aromatic nitrogens is 1. The highest BCUT2D eigenvalue weighted by atomic mass is 16.5. The lowest BCUT2D eigenvalue weighted by molar-refractivity contribution is 0.0696. The van der Waals surface area contributed by atoms with E-state index in [4.69, 9.17) is 14.3 Å². The largest absolute Gasteiger partial charge is 0.480 e. The molecule has 0 aliphatic heterocycles. The third-order valence-electron chi connectivity index (χ3n) is 2.32. The first-order valence-corrected chi connectivity index (χ1v) is 5.24. The number of carboxylic acid groups (broad SMARTS) is 1. The molecular weight excluding hydrogens is 236 g/mol. The van der Waals surface area contributed by atoms with E-state index >= 15 is 0 Å². The Morgan fingerprint density at radius 1 is 1.61 bits per heavy atom. The number of hydrogen-bond acceptors (Lipinski definition) is 5. The zero-order chi connectivity index (χ0) is 13.0. The van der Waals surface area contributed by atoms with Crippen molar-refractivity contribution in [3.63, 3.8) is 0 Å². The standard InChI is InChI=1S/C12H12N2O4/c1-17-11-10(3-2-4-13-11)14-6-9-5-8(7-18-9)12(15)16/h2-5,7,14H,6H2,1H3,(H,15,16). The third kappa shape index (κ3) is 2.60. The number of rotatable bonds is 5. The van der Waals surface area contributed by atoms with Gasteiger partial charge in [0.1, 0.15) is 12.0 Å². The second kappa shape index (κ2) is 5.22. The van der Waals surface area contributed by atoms with Gasteiger partial charge in [-0.25, -0.2) is 9.78 Å². The summed E-state index contributed by atoms with van der Waals surface area (Å²) in [6, 6.07) is 5.06. The molecule has 94 valence electrons. The molecule has 0 saturated carbocycles. The summed E-state index contributed by atoms with van der Waals surface area (Å²) in [5.41, 5.74) is 0.846. The van der Waals surface area contributed by atoms with Crippen molar-refractivity contribution in [1.82, 2.24) is 4.98 Å². The van der Waals surface area contributed by atoms with Gasteiger partial charge in [-0.1, -0.05) is 0 Å². The van der Waals surface area contributed by atoms with Gasteiger partial charge in [-0.05, 0) is 18.2 Å². The summed E-state index contributed by atoms with van der Waals surface area (Å²) in [6.45, 7) is 0.356. The first kappa shape index (κ1) is 12.0. The number of pyridine rings is 1. The second-order valence-corrected chi connectivity index (χ2v) is 3.52. The Labute approximate surface area is 103 Å². The molecule has 0 fully saturated rings. The molecule has 18 heavy (non-hydrogen) atoms. The smallest absolute Gasteiger partial charge is 0.338 e. The quantitative estimate of drug-likeness (QED) is 0.841. The number of ether oxygens (including phenoxy) is 1. The first-order valence-electron chi connectivity index (χ1n) is 5.24. The van der Waals surface area contributed by atoms with Crippen LogP contribution in [0.15, 0.2) is 35.1 Å². The van der Waals surface area contributed by atoms with Crippen LogP contribution >= 0.6 is 0 Å². The number of carboxylic acids is 1. The van der Waals surface area contributed by atoms with E-state index in [2.05, 4.69) is 10.3 Å². The maximum atomic E-state index is 10.7. The number of nitrogens with one attached hydrogen (secondary N) is 1. The summed E-state index contributed by atoms with van der Waals surface area (Å²) in [5.74, 6) is -0.00946. The number of aromatic carboxylic acids is 1. The monoisotopic (exact) mass is 248 g/mol. The Morgan fingerprint density at radius 2 is 2.44 bits per heavy atom. The van der Waals surface area contributed by atoms with Crippen LogP contribution in [0.25, 0.3) is 0 Å². The molecule has 0 aliphatic rings. The normalized spacial score (nSPS) is 10.1. The van der Waals surface area contributed by atoms with E-state index in [0.29, 0.717) is 23.9 Å². The summed E-state index contributed by atoms with van der Waals surface area (Å²) in [6.07, 6.45) is 2.83. The van der Waals surface area contributed by atoms with Gasteiger partial charge in [0.25, 0.3) is 0 Å². The summed E-state index contributed by atoms with van der Waals surface area (Å²) in [7, 11) is 1.53. The van der Waals surface area contributed by atoms with Crippen LogP contribution in [-0.2, 0) is 6.54 Å². The van der Waals surface area contributed by atoms with Crippen LogP contribution in [-0.4, -0.2) is 23.2 Å². The van der Waals surface area contributed by atoms with Crippen molar-refractivity contribution in [2.75, 3.05) is 12.4 Å². The van der Waals surface area contributed by atoms with Crippen molar-refractivity contribution >= 4 is 11.7 Å². The van der Waals surface area contributed by atoms with Crippen LogP contribution in [0.5, 0.6) is 5.88 Å². The average molecular weight is 248 g/mol. The van der Waals surface area contributed by atoms with Gasteiger partial charge in [0, 0.05) is 6.20 Å². The molecule has 2 aromatic rings. The van der Waals surface area contributed by atoms with E-state index in [1.54, 1.807) is 12.3 Å². The molecule has 2 aromatic heterocycles. The fraction of sp³-hybridized carbons (Fsp3) is 0.167. The molecular formula is C12H12N2O4. The van der Waals surface area contributed by atoms with Gasteiger partial charge in [0.05, 0.1) is 24.9 Å². The van der Waals surface area contributed by atoms with Crippen molar-refractivity contribution in [3.8, 4) is 5.88 Å². The van der Waals surface area contributed by atoms with E-state index < -0.39 is 5.97 Å². The van der Waals surface area contributed by atoms with Crippen molar-refractivity contribution < 1.29 is 19.1 Å². The highest BCUT2D eigenvalue weighted by Gasteiger charge is 2.09. The van der Waals surface area contributed by atoms with Crippen LogP contribution in [0.4, 0.5) is 5.69 Å². The molecule has 0 saturated heterocycles. The van der Waals surface area contributed by atoms with Crippen molar-refractivity contribution in [1.29, 1.82) is 0 Å². The maximum Gasteiger partial charge on any atom is 0.338 e. The average Bonchev–Trinajstić information content (AvgIpc) is 2.85. The first-order chi connectivity index (χ1) is 8.70. The molecule has 0 spiro atoms. The van der Waals surface area contributed by atoms with Crippen LogP contribution in [0.1, 0.15) is 16.1 Å². The molecule has 0 aromatic carbocycles. The van der Waals surface area contributed by atoms with E-state index in [9.17, 15) is 4.79 Å². The van der Waals surface area contributed by atoms with E-state index in [0.717, 1.165) is 0 Å². The number of hydrogen-bond donors (Lipinski definition) is 2. The zero-order valence-corrected chi connectivity index (χ0v) is 9.71. The molecule has 0 amide bonds. The fourth-order valence-corrected chi connectivity index (χ4v) is 1.46. The van der Waals surface area contributed by atoms with Crippen molar-refractivity contribution in [2.24, 2.45) is 0 Å². The summed E-state index contributed by atoms with van der Waals surface area (Å²) < 4.78 is 10.2. The van der Waals surface area contributed by atoms with Gasteiger partial charge in [0.2, 0.25) is 5.88 Å². The number of anilines is 1. The van der Waals surface area contributed by atoms with Crippen LogP contribution in [0.2, 0.25) is 0 Å². The number of methoxy groups -OCH3 is 1. The maximum absolute atomic E-state index is 10.7. The minimum atomic E-state index is -1.01. The van der Waals surface area contributed by atoms with Crippen molar-refractivity contribution in [3.05, 3.63) is 42.0 Å². The molecule has 0 unspecified atom stereocenters. The van der Waals surface area contributed by atoms with Gasteiger partial charge in [0.15, 0.2) is 0 Å². The van der Waals surface area contributed by atoms with Gasteiger partial charge < -0.3 is 19.6 Å². The van der Waals surface area contributed by atoms with E-state index in [-0.39, 0.29) is 5.56 Å². The molecule has 0 radical (unpaired) electrons. The molecule has 2 heterocycles. The van der Waals surface area contributed by atoms with E-state index in [1.807, 2.05) is 6.07 Å². The summed E-state index contributed by atoms with van der Waals surface area (Å²) >= 11 is 0. The Hall–Kier alpha value is -2.50. The van der Waals surface area contributed by atoms with Gasteiger partial charge >= 0.3 is 5.97 Å². The zero-order valence-electron chi connectivity index (χ0n) is 9.71. The van der Waals surface area contributed by atoms with E-state index in [1.165, 1.54) is 19.4 Å². The Balaban J connectivity index is 2.04. The molecule has 0 aliphatic carbocycles. The minimum absolute atomic E-state index is 0.130. The van der Waals surface area contributed by atoms with Crippen LogP contribution in [0, 0.1) is 0 Å². The highest BCUT2D eigenvalue weighted by molar-refractivity contribution is 5.87. The fourth-order valence-electron chi connectivity index (χ4n) is 1.46. The van der Waals surface area contributed by atoms with Crippen molar-refractivity contribution in [2.45, 2.75) is 6.54 Å². The molecule has 2 rings (SSSR count). The molecule has 6 heteroatoms. The van der Waals surface area contributed by atoms with Gasteiger partial charge in [-0.2, -0.15) is 0 Å². The number of nitrogens with zero attached hydrogens (tertiary/aromatic N) is 1. The van der Waals surface area contributed by atoms with Crippen LogP contribution in [0.3, 0.4) is 0 Å². The predicted octanol–water partition coefficient (Wildman–Crippen LogP) is 1.99. The summed E-state index contributed by atoms with van der Waals surface area (Å²) in [4.78, 5) is 14.7. The summed E-state index contributed by atoms with van der Waals surface area (Å²) in [5, 5.41) is 11.8. The minimum Gasteiger partial charge on any atom is -0.480 e. The Morgan fingerprint density at radius 3 is 3.11 bits per heavy atom. The SMILES string of the molecule is COc1ncccc1NCc1cc(C(=O)O)co1. The Bertz CT molecular complexity index is 551. The molecule has 6 nitrogen and oxygen atoms in total. The highest BCUT2D eigenvalue weighted by Crippen LogP contribution is 2.20. The topological polar surface area (TPSA) is 84.6 Å². The lowest BCUT2D eigenvalue weighted by atomic mass is 10.3. The van der Waals surface area contributed by atoms with Gasteiger partial charge in [-0.15, -0.1) is 0 Å². The predicted molar refractivity (Wildman–Crippen MR) is 63.8 cm³/mol. The molecule has 2 N–H and O–H groups in total. The van der Waals surface area contributed by atoms with Crippen LogP contribution < -0.4 is 10.1 Å². The number of carbonyl (C=O) groups is 1.